The summed E-state index contributed by atoms with van der Waals surface area (Å²) in [4.78, 5) is 21.7. The number of methoxy groups -OCH3 is 1. The number of aromatic amines is 1. The number of carbonyl (C=O) groups excluding carboxylic acids is 1. The maximum atomic E-state index is 12.7. The number of fused-ring (bicyclic) bond motifs is 1. The van der Waals surface area contributed by atoms with Crippen LogP contribution in [-0.4, -0.2) is 44.4 Å². The highest BCUT2D eigenvalue weighted by molar-refractivity contribution is 5.93. The second kappa shape index (κ2) is 8.24. The number of nitrogens with one attached hydrogen (secondary N) is 2. The molecular formula is C21H22N6O2. The highest BCUT2D eigenvalue weighted by Gasteiger charge is 2.20. The van der Waals surface area contributed by atoms with Crippen LogP contribution in [0.4, 0.5) is 0 Å². The lowest BCUT2D eigenvalue weighted by Crippen LogP contribution is -2.29. The van der Waals surface area contributed by atoms with Crippen molar-refractivity contribution in [3.8, 4) is 11.4 Å². The van der Waals surface area contributed by atoms with Crippen LogP contribution in [0.15, 0.2) is 54.7 Å². The summed E-state index contributed by atoms with van der Waals surface area (Å²) in [5, 5.41) is 9.98. The van der Waals surface area contributed by atoms with E-state index in [-0.39, 0.29) is 11.9 Å². The number of rotatable bonds is 7. The molecule has 8 nitrogen and oxygen atoms in total. The van der Waals surface area contributed by atoms with Crippen LogP contribution in [0.3, 0.4) is 0 Å². The molecule has 4 aromatic rings. The molecule has 3 heterocycles. The van der Waals surface area contributed by atoms with E-state index in [0.29, 0.717) is 30.2 Å². The Morgan fingerprint density at radius 2 is 2.03 bits per heavy atom. The van der Waals surface area contributed by atoms with E-state index in [2.05, 4.69) is 25.1 Å². The standard InChI is InChI=1S/C21H22N6O2/c1-14(20-24-16-8-3-4-9-19(16)27(20)11-12-29-2)23-21(28)18-13-17(25-26-18)15-7-5-6-10-22-15/h3-10,13-14H,11-12H2,1-2H3,(H,23,28)(H,25,26). The molecule has 148 valence electrons. The van der Waals surface area contributed by atoms with Gasteiger partial charge in [-0.3, -0.25) is 14.9 Å². The predicted octanol–water partition coefficient (Wildman–Crippen LogP) is 2.96. The summed E-state index contributed by atoms with van der Waals surface area (Å²) >= 11 is 0. The number of amides is 1. The van der Waals surface area contributed by atoms with Crippen molar-refractivity contribution in [1.82, 2.24) is 30.0 Å². The van der Waals surface area contributed by atoms with E-state index >= 15 is 0 Å². The third-order valence-corrected chi connectivity index (χ3v) is 4.69. The topological polar surface area (TPSA) is 97.7 Å². The number of hydrogen-bond donors (Lipinski definition) is 2. The lowest BCUT2D eigenvalue weighted by molar-refractivity contribution is 0.0932. The number of benzene rings is 1. The van der Waals surface area contributed by atoms with Gasteiger partial charge in [-0.05, 0) is 37.3 Å². The minimum Gasteiger partial charge on any atom is -0.383 e. The van der Waals surface area contributed by atoms with Gasteiger partial charge in [0.1, 0.15) is 17.2 Å². The van der Waals surface area contributed by atoms with Gasteiger partial charge < -0.3 is 14.6 Å². The molecule has 0 aliphatic carbocycles. The zero-order valence-corrected chi connectivity index (χ0v) is 16.3. The quantitative estimate of drug-likeness (QED) is 0.506. The first-order valence-electron chi connectivity index (χ1n) is 9.39. The van der Waals surface area contributed by atoms with Crippen LogP contribution in [0.2, 0.25) is 0 Å². The zero-order chi connectivity index (χ0) is 20.2. The fourth-order valence-electron chi connectivity index (χ4n) is 3.26. The molecule has 29 heavy (non-hydrogen) atoms. The normalized spacial score (nSPS) is 12.2. The van der Waals surface area contributed by atoms with Crippen molar-refractivity contribution in [1.29, 1.82) is 0 Å². The molecule has 0 bridgehead atoms. The number of ether oxygens (including phenoxy) is 1. The number of imidazole rings is 1. The Hall–Kier alpha value is -3.52. The van der Waals surface area contributed by atoms with E-state index < -0.39 is 0 Å². The molecule has 3 aromatic heterocycles. The molecule has 1 unspecified atom stereocenters. The van der Waals surface area contributed by atoms with Gasteiger partial charge in [0.2, 0.25) is 0 Å². The number of nitrogens with zero attached hydrogens (tertiary/aromatic N) is 4. The number of para-hydroxylation sites is 2. The Bertz CT molecular complexity index is 1120. The summed E-state index contributed by atoms with van der Waals surface area (Å²) in [6.07, 6.45) is 1.69. The summed E-state index contributed by atoms with van der Waals surface area (Å²) in [6, 6.07) is 14.9. The molecule has 0 saturated carbocycles. The van der Waals surface area contributed by atoms with E-state index in [9.17, 15) is 4.79 Å². The largest absolute Gasteiger partial charge is 0.383 e. The van der Waals surface area contributed by atoms with Crippen LogP contribution in [0.25, 0.3) is 22.4 Å². The summed E-state index contributed by atoms with van der Waals surface area (Å²) in [6.45, 7) is 3.13. The lowest BCUT2D eigenvalue weighted by atomic mass is 10.2. The highest BCUT2D eigenvalue weighted by Crippen LogP contribution is 2.21. The highest BCUT2D eigenvalue weighted by atomic mass is 16.5. The summed E-state index contributed by atoms with van der Waals surface area (Å²) in [7, 11) is 1.67. The SMILES string of the molecule is COCCn1c(C(C)NC(=O)c2cc(-c3ccccn3)n[nH]2)nc2ccccc21. The first-order valence-corrected chi connectivity index (χ1v) is 9.39. The van der Waals surface area contributed by atoms with Gasteiger partial charge in [0, 0.05) is 19.9 Å². The van der Waals surface area contributed by atoms with Crippen molar-refractivity contribution in [2.75, 3.05) is 13.7 Å². The minimum atomic E-state index is -0.298. The van der Waals surface area contributed by atoms with Crippen molar-refractivity contribution in [3.63, 3.8) is 0 Å². The van der Waals surface area contributed by atoms with Crippen LogP contribution in [0.1, 0.15) is 29.3 Å². The van der Waals surface area contributed by atoms with Gasteiger partial charge in [-0.1, -0.05) is 18.2 Å². The third kappa shape index (κ3) is 3.88. The number of H-pyrrole nitrogens is 1. The molecule has 0 saturated heterocycles. The maximum Gasteiger partial charge on any atom is 0.269 e. The molecule has 0 aliphatic heterocycles. The van der Waals surface area contributed by atoms with Crippen molar-refractivity contribution in [2.24, 2.45) is 0 Å². The number of carbonyl (C=O) groups is 1. The maximum absolute atomic E-state index is 12.7. The monoisotopic (exact) mass is 390 g/mol. The Kier molecular flexibility index (Phi) is 5.35. The van der Waals surface area contributed by atoms with Gasteiger partial charge >= 0.3 is 0 Å². The van der Waals surface area contributed by atoms with Crippen LogP contribution in [-0.2, 0) is 11.3 Å². The molecule has 4 rings (SSSR count). The van der Waals surface area contributed by atoms with Crippen LogP contribution < -0.4 is 5.32 Å². The average molecular weight is 390 g/mol. The van der Waals surface area contributed by atoms with Gasteiger partial charge in [0.25, 0.3) is 5.91 Å². The van der Waals surface area contributed by atoms with Gasteiger partial charge in [0.15, 0.2) is 0 Å². The molecule has 1 atom stereocenters. The Morgan fingerprint density at radius 3 is 2.83 bits per heavy atom. The van der Waals surface area contributed by atoms with Crippen LogP contribution in [0.5, 0.6) is 0 Å². The molecule has 1 amide bonds. The fourth-order valence-corrected chi connectivity index (χ4v) is 3.26. The third-order valence-electron chi connectivity index (χ3n) is 4.69. The lowest BCUT2D eigenvalue weighted by Gasteiger charge is -2.15. The van der Waals surface area contributed by atoms with Gasteiger partial charge in [-0.2, -0.15) is 5.10 Å². The summed E-state index contributed by atoms with van der Waals surface area (Å²) < 4.78 is 7.32. The van der Waals surface area contributed by atoms with Crippen LogP contribution >= 0.6 is 0 Å². The van der Waals surface area contributed by atoms with Gasteiger partial charge in [-0.25, -0.2) is 4.98 Å². The number of pyridine rings is 1. The summed E-state index contributed by atoms with van der Waals surface area (Å²) in [5.74, 6) is 0.526. The minimum absolute atomic E-state index is 0.252. The Labute approximate surface area is 167 Å². The van der Waals surface area contributed by atoms with E-state index in [1.165, 1.54) is 0 Å². The number of aromatic nitrogens is 5. The van der Waals surface area contributed by atoms with Gasteiger partial charge in [-0.15, -0.1) is 0 Å². The van der Waals surface area contributed by atoms with E-state index in [0.717, 1.165) is 16.9 Å². The summed E-state index contributed by atoms with van der Waals surface area (Å²) in [5.41, 5.74) is 3.60. The Balaban J connectivity index is 1.56. The van der Waals surface area contributed by atoms with Crippen molar-refractivity contribution >= 4 is 16.9 Å². The molecule has 2 N–H and O–H groups in total. The van der Waals surface area contributed by atoms with Crippen molar-refractivity contribution in [3.05, 3.63) is 66.2 Å². The second-order valence-corrected chi connectivity index (χ2v) is 6.68. The predicted molar refractivity (Wildman–Crippen MR) is 109 cm³/mol. The molecule has 0 spiro atoms. The molecule has 0 aliphatic rings. The van der Waals surface area contributed by atoms with Gasteiger partial charge in [0.05, 0.1) is 29.4 Å². The fraction of sp³-hybridized carbons (Fsp3) is 0.238. The van der Waals surface area contributed by atoms with Crippen molar-refractivity contribution in [2.45, 2.75) is 19.5 Å². The Morgan fingerprint density at radius 1 is 1.21 bits per heavy atom. The zero-order valence-electron chi connectivity index (χ0n) is 16.3. The van der Waals surface area contributed by atoms with E-state index in [1.807, 2.05) is 49.4 Å². The molecular weight excluding hydrogens is 368 g/mol. The number of hydrogen-bond acceptors (Lipinski definition) is 5. The average Bonchev–Trinajstić information content (AvgIpc) is 3.38. The first kappa shape index (κ1) is 18.8. The molecule has 0 radical (unpaired) electrons. The van der Waals surface area contributed by atoms with Crippen molar-refractivity contribution < 1.29 is 9.53 Å². The van der Waals surface area contributed by atoms with E-state index in [1.54, 1.807) is 19.4 Å². The molecule has 0 fully saturated rings. The van der Waals surface area contributed by atoms with E-state index in [4.69, 9.17) is 9.72 Å². The van der Waals surface area contributed by atoms with Crippen LogP contribution in [0, 0.1) is 0 Å². The molecule has 1 aromatic carbocycles. The molecule has 8 heteroatoms. The first-order chi connectivity index (χ1) is 14.2. The second-order valence-electron chi connectivity index (χ2n) is 6.68. The smallest absolute Gasteiger partial charge is 0.269 e.